The largest absolute Gasteiger partial charge is 0.405 e. The van der Waals surface area contributed by atoms with E-state index >= 15 is 0 Å². The molecule has 0 saturated carbocycles. The summed E-state index contributed by atoms with van der Waals surface area (Å²) in [6, 6.07) is 7.10. The average Bonchev–Trinajstić information content (AvgIpc) is 2.37. The summed E-state index contributed by atoms with van der Waals surface area (Å²) in [7, 11) is 0. The Labute approximate surface area is 108 Å². The fraction of sp³-hybridized carbons (Fsp3) is 0.467. The van der Waals surface area contributed by atoms with Crippen LogP contribution in [0.25, 0.3) is 0 Å². The van der Waals surface area contributed by atoms with Gasteiger partial charge in [0, 0.05) is 24.7 Å². The summed E-state index contributed by atoms with van der Waals surface area (Å²) in [5, 5.41) is 0. The van der Waals surface area contributed by atoms with Crippen LogP contribution in [0.3, 0.4) is 0 Å². The number of nitrogens with two attached hydrogens (primary N) is 1. The van der Waals surface area contributed by atoms with Crippen molar-refractivity contribution >= 4 is 0 Å². The molecule has 1 aliphatic rings. The van der Waals surface area contributed by atoms with Crippen LogP contribution >= 0.6 is 0 Å². The molecule has 0 bridgehead atoms. The molecule has 0 amide bonds. The molecule has 1 fully saturated rings. The highest BCUT2D eigenvalue weighted by molar-refractivity contribution is 5.22. The summed E-state index contributed by atoms with van der Waals surface area (Å²) in [5.41, 5.74) is 7.65. The van der Waals surface area contributed by atoms with Crippen molar-refractivity contribution in [2.75, 3.05) is 13.1 Å². The number of piperidine rings is 1. The van der Waals surface area contributed by atoms with Crippen LogP contribution < -0.4 is 5.73 Å². The lowest BCUT2D eigenvalue weighted by molar-refractivity contribution is 0.167. The fourth-order valence-corrected chi connectivity index (χ4v) is 2.73. The molecule has 0 aromatic heterocycles. The van der Waals surface area contributed by atoms with Gasteiger partial charge in [-0.25, -0.2) is 4.39 Å². The molecule has 1 aromatic carbocycles. The quantitative estimate of drug-likeness (QED) is 0.871. The van der Waals surface area contributed by atoms with Crippen molar-refractivity contribution in [1.82, 2.24) is 4.90 Å². The van der Waals surface area contributed by atoms with Crippen molar-refractivity contribution < 1.29 is 4.39 Å². The van der Waals surface area contributed by atoms with Crippen molar-refractivity contribution in [2.45, 2.75) is 26.3 Å². The predicted molar refractivity (Wildman–Crippen MR) is 72.4 cm³/mol. The van der Waals surface area contributed by atoms with E-state index in [2.05, 4.69) is 18.7 Å². The lowest BCUT2D eigenvalue weighted by atomic mass is 9.93. The molecule has 2 N–H and O–H groups in total. The third kappa shape index (κ3) is 2.72. The van der Waals surface area contributed by atoms with Crippen molar-refractivity contribution in [3.63, 3.8) is 0 Å². The Kier molecular flexibility index (Phi) is 4.02. The van der Waals surface area contributed by atoms with Gasteiger partial charge in [-0.15, -0.1) is 0 Å². The van der Waals surface area contributed by atoms with Crippen LogP contribution in [0.2, 0.25) is 0 Å². The highest BCUT2D eigenvalue weighted by Crippen LogP contribution is 2.29. The Morgan fingerprint density at radius 3 is 2.83 bits per heavy atom. The van der Waals surface area contributed by atoms with Crippen LogP contribution in [-0.4, -0.2) is 18.0 Å². The maximum Gasteiger partial charge on any atom is 0.127 e. The molecule has 1 unspecified atom stereocenters. The van der Waals surface area contributed by atoms with Gasteiger partial charge in [0.15, 0.2) is 0 Å². The summed E-state index contributed by atoms with van der Waals surface area (Å²) < 4.78 is 13.8. The van der Waals surface area contributed by atoms with Crippen molar-refractivity contribution in [2.24, 2.45) is 11.7 Å². The van der Waals surface area contributed by atoms with Gasteiger partial charge in [-0.05, 0) is 37.1 Å². The first-order valence-electron chi connectivity index (χ1n) is 6.50. The van der Waals surface area contributed by atoms with Crippen molar-refractivity contribution in [1.29, 1.82) is 0 Å². The van der Waals surface area contributed by atoms with E-state index in [1.54, 1.807) is 12.3 Å². The molecule has 0 spiro atoms. The summed E-state index contributed by atoms with van der Waals surface area (Å²) in [5.74, 6) is 0.448. The van der Waals surface area contributed by atoms with Gasteiger partial charge < -0.3 is 5.73 Å². The standard InChI is InChI=1S/C15H21FN2/c1-11-7-13(8-17)10-18(9-11)12(2)14-5-3-4-6-15(14)16/h3-6,8,11-12H,7,9-10,17H2,1-2H3/b13-8+/t11?,12-/m0/s1. The van der Waals surface area contributed by atoms with Crippen LogP contribution in [-0.2, 0) is 0 Å². The van der Waals surface area contributed by atoms with Crippen LogP contribution in [0.4, 0.5) is 4.39 Å². The van der Waals surface area contributed by atoms with Crippen molar-refractivity contribution in [3.8, 4) is 0 Å². The van der Waals surface area contributed by atoms with E-state index in [0.29, 0.717) is 5.92 Å². The molecule has 98 valence electrons. The molecular formula is C15H21FN2. The highest BCUT2D eigenvalue weighted by Gasteiger charge is 2.25. The van der Waals surface area contributed by atoms with E-state index in [0.717, 1.165) is 25.1 Å². The van der Waals surface area contributed by atoms with E-state index in [1.165, 1.54) is 11.6 Å². The molecule has 1 saturated heterocycles. The molecule has 1 heterocycles. The van der Waals surface area contributed by atoms with E-state index in [-0.39, 0.29) is 11.9 Å². The second kappa shape index (κ2) is 5.53. The smallest absolute Gasteiger partial charge is 0.127 e. The number of likely N-dealkylation sites (tertiary alicyclic amines) is 1. The van der Waals surface area contributed by atoms with E-state index in [1.807, 2.05) is 12.1 Å². The van der Waals surface area contributed by atoms with Gasteiger partial charge in [-0.2, -0.15) is 0 Å². The van der Waals surface area contributed by atoms with Crippen molar-refractivity contribution in [3.05, 3.63) is 47.4 Å². The van der Waals surface area contributed by atoms with E-state index in [4.69, 9.17) is 5.73 Å². The fourth-order valence-electron chi connectivity index (χ4n) is 2.73. The second-order valence-electron chi connectivity index (χ2n) is 5.26. The topological polar surface area (TPSA) is 29.3 Å². The predicted octanol–water partition coefficient (Wildman–Crippen LogP) is 3.07. The number of benzene rings is 1. The number of rotatable bonds is 2. The van der Waals surface area contributed by atoms with Gasteiger partial charge in [0.1, 0.15) is 5.82 Å². The van der Waals surface area contributed by atoms with Gasteiger partial charge in [-0.3, -0.25) is 4.90 Å². The summed E-state index contributed by atoms with van der Waals surface area (Å²) >= 11 is 0. The lowest BCUT2D eigenvalue weighted by Crippen LogP contribution is -2.38. The molecule has 0 radical (unpaired) electrons. The highest BCUT2D eigenvalue weighted by atomic mass is 19.1. The Morgan fingerprint density at radius 1 is 1.44 bits per heavy atom. The molecule has 2 rings (SSSR count). The number of halogens is 1. The Morgan fingerprint density at radius 2 is 2.17 bits per heavy atom. The Hall–Kier alpha value is -1.35. The molecule has 1 aliphatic heterocycles. The summed E-state index contributed by atoms with van der Waals surface area (Å²) in [6.45, 7) is 6.11. The van der Waals surface area contributed by atoms with Gasteiger partial charge in [0.2, 0.25) is 0 Å². The van der Waals surface area contributed by atoms with Gasteiger partial charge in [-0.1, -0.05) is 25.1 Å². The maximum atomic E-state index is 13.8. The van der Waals surface area contributed by atoms with E-state index in [9.17, 15) is 4.39 Å². The molecule has 2 nitrogen and oxygen atoms in total. The lowest BCUT2D eigenvalue weighted by Gasteiger charge is -2.37. The zero-order chi connectivity index (χ0) is 13.1. The second-order valence-corrected chi connectivity index (χ2v) is 5.26. The minimum atomic E-state index is -0.124. The first-order chi connectivity index (χ1) is 8.61. The third-order valence-corrected chi connectivity index (χ3v) is 3.70. The first-order valence-corrected chi connectivity index (χ1v) is 6.50. The minimum absolute atomic E-state index is 0.0869. The summed E-state index contributed by atoms with van der Waals surface area (Å²) in [4.78, 5) is 2.30. The normalized spacial score (nSPS) is 25.3. The van der Waals surface area contributed by atoms with Crippen LogP contribution in [0, 0.1) is 11.7 Å². The molecule has 1 aromatic rings. The van der Waals surface area contributed by atoms with Crippen LogP contribution in [0.1, 0.15) is 31.9 Å². The number of hydrogen-bond donors (Lipinski definition) is 1. The van der Waals surface area contributed by atoms with Crippen LogP contribution in [0.15, 0.2) is 36.0 Å². The minimum Gasteiger partial charge on any atom is -0.405 e. The van der Waals surface area contributed by atoms with Gasteiger partial charge in [0.05, 0.1) is 0 Å². The zero-order valence-electron chi connectivity index (χ0n) is 11.1. The molecular weight excluding hydrogens is 227 g/mol. The van der Waals surface area contributed by atoms with Gasteiger partial charge in [0.25, 0.3) is 0 Å². The van der Waals surface area contributed by atoms with Crippen LogP contribution in [0.5, 0.6) is 0 Å². The molecule has 2 atom stereocenters. The average molecular weight is 248 g/mol. The van der Waals surface area contributed by atoms with E-state index < -0.39 is 0 Å². The molecule has 18 heavy (non-hydrogen) atoms. The molecule has 0 aliphatic carbocycles. The summed E-state index contributed by atoms with van der Waals surface area (Å²) in [6.07, 6.45) is 2.76. The zero-order valence-corrected chi connectivity index (χ0v) is 11.1. The molecule has 3 heteroatoms. The van der Waals surface area contributed by atoms with Gasteiger partial charge >= 0.3 is 0 Å². The monoisotopic (exact) mass is 248 g/mol. The Balaban J connectivity index is 2.18. The Bertz CT molecular complexity index is 442. The third-order valence-electron chi connectivity index (χ3n) is 3.70. The number of hydrogen-bond acceptors (Lipinski definition) is 2. The maximum absolute atomic E-state index is 13.8. The first kappa shape index (κ1) is 13.1. The SMILES string of the molecule is CC1C/C(=C\N)CN([C@@H](C)c2ccccc2F)C1. The number of nitrogens with zero attached hydrogens (tertiary/aromatic N) is 1.